The van der Waals surface area contributed by atoms with Crippen molar-refractivity contribution in [2.24, 2.45) is 0 Å². The molecule has 9 nitrogen and oxygen atoms in total. The fourth-order valence-corrected chi connectivity index (χ4v) is 3.64. The molecule has 1 aliphatic rings. The highest BCUT2D eigenvalue weighted by atomic mass is 19.1. The topological polar surface area (TPSA) is 116 Å². The largest absolute Gasteiger partial charge is 0.387 e. The Bertz CT molecular complexity index is 1130. The third-order valence-corrected chi connectivity index (χ3v) is 5.60. The van der Waals surface area contributed by atoms with Gasteiger partial charge in [-0.05, 0) is 39.2 Å². The van der Waals surface area contributed by atoms with E-state index in [9.17, 15) is 18.7 Å². The second-order valence-corrected chi connectivity index (χ2v) is 8.77. The molecular weight excluding hydrogens is 432 g/mol. The van der Waals surface area contributed by atoms with Crippen LogP contribution in [0.2, 0.25) is 0 Å². The molecule has 0 radical (unpaired) electrons. The van der Waals surface area contributed by atoms with Crippen LogP contribution < -0.4 is 16.0 Å². The quantitative estimate of drug-likeness (QED) is 0.409. The molecule has 3 unspecified atom stereocenters. The summed E-state index contributed by atoms with van der Waals surface area (Å²) in [6.45, 7) is 2.32. The maximum absolute atomic E-state index is 14.1. The van der Waals surface area contributed by atoms with Crippen LogP contribution in [0, 0.1) is 0 Å². The number of pyridine rings is 1. The van der Waals surface area contributed by atoms with Crippen molar-refractivity contribution in [1.82, 2.24) is 24.9 Å². The zero-order chi connectivity index (χ0) is 23.6. The van der Waals surface area contributed by atoms with Crippen LogP contribution in [0.1, 0.15) is 43.5 Å². The van der Waals surface area contributed by atoms with E-state index in [2.05, 4.69) is 31.0 Å². The molecule has 0 bridgehead atoms. The first-order chi connectivity index (χ1) is 15.7. The fourth-order valence-electron chi connectivity index (χ4n) is 3.64. The van der Waals surface area contributed by atoms with Crippen LogP contribution in [0.3, 0.4) is 0 Å². The molecule has 1 saturated carbocycles. The number of aromatic nitrogens is 4. The molecule has 3 aromatic heterocycles. The van der Waals surface area contributed by atoms with Crippen molar-refractivity contribution >= 4 is 28.9 Å². The Morgan fingerprint density at radius 3 is 2.88 bits per heavy atom. The number of hydrogen-bond acceptors (Lipinski definition) is 7. The van der Waals surface area contributed by atoms with E-state index in [1.54, 1.807) is 35.1 Å². The van der Waals surface area contributed by atoms with Crippen molar-refractivity contribution in [3.63, 3.8) is 0 Å². The van der Waals surface area contributed by atoms with E-state index in [-0.39, 0.29) is 18.2 Å². The summed E-state index contributed by atoms with van der Waals surface area (Å²) in [4.78, 5) is 21.5. The van der Waals surface area contributed by atoms with Crippen molar-refractivity contribution in [1.29, 1.82) is 0 Å². The maximum Gasteiger partial charge on any atom is 0.255 e. The third-order valence-electron chi connectivity index (χ3n) is 5.60. The average Bonchev–Trinajstić information content (AvgIpc) is 3.39. The van der Waals surface area contributed by atoms with Crippen LogP contribution in [-0.4, -0.2) is 61.1 Å². The minimum absolute atomic E-state index is 0.131. The molecular formula is C22H27F2N7O2. The molecule has 176 valence electrons. The molecule has 1 fully saturated rings. The summed E-state index contributed by atoms with van der Waals surface area (Å²) in [5, 5.41) is 22.7. The van der Waals surface area contributed by atoms with Gasteiger partial charge >= 0.3 is 0 Å². The van der Waals surface area contributed by atoms with Crippen molar-refractivity contribution in [2.45, 2.75) is 57.1 Å². The van der Waals surface area contributed by atoms with E-state index in [1.807, 2.05) is 0 Å². The SMILES string of the molecule is CC(C)(O)C(F)CNC(=O)c1cnc(Nc2ccn3nccc3n2)cc1NC1CCC(F)C1. The van der Waals surface area contributed by atoms with Gasteiger partial charge in [-0.25, -0.2) is 23.3 Å². The molecule has 3 aromatic rings. The van der Waals surface area contributed by atoms with Crippen molar-refractivity contribution in [3.05, 3.63) is 42.4 Å². The molecule has 0 saturated heterocycles. The lowest BCUT2D eigenvalue weighted by molar-refractivity contribution is -0.00177. The van der Waals surface area contributed by atoms with Gasteiger partial charge in [0, 0.05) is 30.6 Å². The molecule has 0 spiro atoms. The molecule has 3 atom stereocenters. The lowest BCUT2D eigenvalue weighted by atomic mass is 10.0. The fraction of sp³-hybridized carbons (Fsp3) is 0.455. The van der Waals surface area contributed by atoms with E-state index in [0.29, 0.717) is 42.2 Å². The average molecular weight is 460 g/mol. The van der Waals surface area contributed by atoms with Gasteiger partial charge in [0.1, 0.15) is 24.0 Å². The molecule has 1 aliphatic carbocycles. The second-order valence-electron chi connectivity index (χ2n) is 8.77. The first kappa shape index (κ1) is 22.8. The standard InChI is InChI=1S/C22H27F2N7O2/c1-22(2,33)17(24)12-26-21(32)15-11-25-19(10-16(15)28-14-4-3-13(23)9-14)29-18-6-8-31-20(30-18)5-7-27-31/h5-8,10-11,13-14,17,33H,3-4,9,12H2,1-2H3,(H,26,32)(H2,25,28,29,30). The highest BCUT2D eigenvalue weighted by molar-refractivity contribution is 5.99. The van der Waals surface area contributed by atoms with Crippen LogP contribution in [-0.2, 0) is 0 Å². The van der Waals surface area contributed by atoms with Gasteiger partial charge in [-0.15, -0.1) is 0 Å². The van der Waals surface area contributed by atoms with E-state index >= 15 is 0 Å². The minimum atomic E-state index is -1.64. The molecule has 3 heterocycles. The van der Waals surface area contributed by atoms with Crippen LogP contribution in [0.4, 0.5) is 26.1 Å². The van der Waals surface area contributed by atoms with Gasteiger partial charge < -0.3 is 21.1 Å². The van der Waals surface area contributed by atoms with Gasteiger partial charge in [-0.3, -0.25) is 4.79 Å². The highest BCUT2D eigenvalue weighted by Gasteiger charge is 2.28. The number of alkyl halides is 2. The second kappa shape index (κ2) is 9.26. The molecule has 1 amide bonds. The van der Waals surface area contributed by atoms with E-state index in [4.69, 9.17) is 0 Å². The first-order valence-corrected chi connectivity index (χ1v) is 10.8. The van der Waals surface area contributed by atoms with Crippen LogP contribution in [0.25, 0.3) is 5.65 Å². The smallest absolute Gasteiger partial charge is 0.255 e. The van der Waals surface area contributed by atoms with Gasteiger partial charge in [0.15, 0.2) is 5.65 Å². The molecule has 0 aliphatic heterocycles. The maximum atomic E-state index is 14.1. The Labute approximate surface area is 189 Å². The number of anilines is 3. The molecule has 4 rings (SSSR count). The summed E-state index contributed by atoms with van der Waals surface area (Å²) < 4.78 is 29.4. The number of halogens is 2. The predicted molar refractivity (Wildman–Crippen MR) is 120 cm³/mol. The first-order valence-electron chi connectivity index (χ1n) is 10.8. The summed E-state index contributed by atoms with van der Waals surface area (Å²) in [6.07, 6.45) is 3.68. The zero-order valence-electron chi connectivity index (χ0n) is 18.4. The predicted octanol–water partition coefficient (Wildman–Crippen LogP) is 3.01. The Hall–Kier alpha value is -3.34. The number of amides is 1. The molecule has 33 heavy (non-hydrogen) atoms. The van der Waals surface area contributed by atoms with E-state index in [1.165, 1.54) is 20.0 Å². The summed E-state index contributed by atoms with van der Waals surface area (Å²) in [7, 11) is 0. The van der Waals surface area contributed by atoms with Gasteiger partial charge in [-0.1, -0.05) is 0 Å². The van der Waals surface area contributed by atoms with Gasteiger partial charge in [0.2, 0.25) is 0 Å². The number of nitrogens with zero attached hydrogens (tertiary/aromatic N) is 4. The summed E-state index contributed by atoms with van der Waals surface area (Å²) in [5.41, 5.74) is -0.274. The number of carbonyl (C=O) groups is 1. The summed E-state index contributed by atoms with van der Waals surface area (Å²) in [5.74, 6) is 0.422. The summed E-state index contributed by atoms with van der Waals surface area (Å²) >= 11 is 0. The highest BCUT2D eigenvalue weighted by Crippen LogP contribution is 2.28. The Morgan fingerprint density at radius 2 is 2.15 bits per heavy atom. The number of aliphatic hydroxyl groups is 1. The monoisotopic (exact) mass is 459 g/mol. The Balaban J connectivity index is 1.55. The third kappa shape index (κ3) is 5.54. The number of hydrogen-bond donors (Lipinski definition) is 4. The number of rotatable bonds is 8. The van der Waals surface area contributed by atoms with Crippen LogP contribution >= 0.6 is 0 Å². The normalized spacial score (nSPS) is 19.4. The van der Waals surface area contributed by atoms with Gasteiger partial charge in [0.25, 0.3) is 5.91 Å². The van der Waals surface area contributed by atoms with Crippen LogP contribution in [0.5, 0.6) is 0 Å². The van der Waals surface area contributed by atoms with Crippen molar-refractivity contribution in [2.75, 3.05) is 17.2 Å². The van der Waals surface area contributed by atoms with Crippen molar-refractivity contribution < 1.29 is 18.7 Å². The minimum Gasteiger partial charge on any atom is -0.387 e. The molecule has 11 heteroatoms. The van der Waals surface area contributed by atoms with E-state index < -0.39 is 23.9 Å². The van der Waals surface area contributed by atoms with Gasteiger partial charge in [-0.2, -0.15) is 5.10 Å². The number of carbonyl (C=O) groups excluding carboxylic acids is 1. The van der Waals surface area contributed by atoms with Crippen LogP contribution in [0.15, 0.2) is 36.8 Å². The van der Waals surface area contributed by atoms with Gasteiger partial charge in [0.05, 0.1) is 29.6 Å². The zero-order valence-corrected chi connectivity index (χ0v) is 18.4. The lowest BCUT2D eigenvalue weighted by Crippen LogP contribution is -2.42. The van der Waals surface area contributed by atoms with Crippen molar-refractivity contribution in [3.8, 4) is 0 Å². The molecule has 0 aromatic carbocycles. The Morgan fingerprint density at radius 1 is 1.33 bits per heavy atom. The summed E-state index contributed by atoms with van der Waals surface area (Å²) in [6, 6.07) is 5.01. The molecule has 4 N–H and O–H groups in total. The van der Waals surface area contributed by atoms with E-state index in [0.717, 1.165) is 0 Å². The number of nitrogens with one attached hydrogen (secondary N) is 3. The lowest BCUT2D eigenvalue weighted by Gasteiger charge is -2.23. The Kier molecular flexibility index (Phi) is 6.41. The number of fused-ring (bicyclic) bond motifs is 1.